The highest BCUT2D eigenvalue weighted by Gasteiger charge is 2.20. The molecule has 0 aliphatic heterocycles. The van der Waals surface area contributed by atoms with Crippen LogP contribution in [0.1, 0.15) is 45.6 Å². The summed E-state index contributed by atoms with van der Waals surface area (Å²) in [6, 6.07) is 8.59. The van der Waals surface area contributed by atoms with Crippen LogP contribution in [-0.2, 0) is 20.9 Å². The molecule has 0 spiro atoms. The lowest BCUT2D eigenvalue weighted by atomic mass is 10.1. The van der Waals surface area contributed by atoms with Gasteiger partial charge in [0.2, 0.25) is 5.91 Å². The molecule has 0 unspecified atom stereocenters. The third kappa shape index (κ3) is 10.4. The Labute approximate surface area is 166 Å². The van der Waals surface area contributed by atoms with Gasteiger partial charge in [-0.05, 0) is 45.6 Å². The topological polar surface area (TPSA) is 106 Å². The third-order valence-electron chi connectivity index (χ3n) is 3.66. The van der Waals surface area contributed by atoms with Gasteiger partial charge in [-0.2, -0.15) is 0 Å². The Morgan fingerprint density at radius 1 is 1.04 bits per heavy atom. The van der Waals surface area contributed by atoms with Crippen molar-refractivity contribution >= 4 is 18.1 Å². The van der Waals surface area contributed by atoms with E-state index in [4.69, 9.17) is 9.47 Å². The first kappa shape index (κ1) is 23.3. The molecule has 1 aromatic carbocycles. The predicted molar refractivity (Wildman–Crippen MR) is 106 cm³/mol. The second-order valence-electron chi connectivity index (χ2n) is 7.30. The van der Waals surface area contributed by atoms with Gasteiger partial charge in [-0.3, -0.25) is 4.79 Å². The van der Waals surface area contributed by atoms with Crippen molar-refractivity contribution in [3.8, 4) is 0 Å². The molecule has 0 bridgehead atoms. The summed E-state index contributed by atoms with van der Waals surface area (Å²) < 4.78 is 10.3. The Balaban J connectivity index is 2.33. The van der Waals surface area contributed by atoms with Crippen molar-refractivity contribution in [3.63, 3.8) is 0 Å². The van der Waals surface area contributed by atoms with Gasteiger partial charge in [0.1, 0.15) is 18.2 Å². The minimum Gasteiger partial charge on any atom is -0.445 e. The number of rotatable bonds is 9. The van der Waals surface area contributed by atoms with Crippen molar-refractivity contribution in [1.82, 2.24) is 16.0 Å². The monoisotopic (exact) mass is 393 g/mol. The number of hydrogen-bond acceptors (Lipinski definition) is 5. The number of ether oxygens (including phenoxy) is 2. The van der Waals surface area contributed by atoms with Crippen LogP contribution in [0.2, 0.25) is 0 Å². The maximum Gasteiger partial charge on any atom is 0.408 e. The lowest BCUT2D eigenvalue weighted by molar-refractivity contribution is -0.122. The molecule has 0 radical (unpaired) electrons. The van der Waals surface area contributed by atoms with E-state index in [0.717, 1.165) is 5.56 Å². The fourth-order valence-corrected chi connectivity index (χ4v) is 2.33. The molecule has 0 heterocycles. The number of likely N-dealkylation sites (N-methyl/N-ethyl adjacent to an activating group) is 1. The van der Waals surface area contributed by atoms with Crippen LogP contribution in [0.15, 0.2) is 30.3 Å². The van der Waals surface area contributed by atoms with Crippen molar-refractivity contribution in [3.05, 3.63) is 35.9 Å². The smallest absolute Gasteiger partial charge is 0.408 e. The van der Waals surface area contributed by atoms with Crippen LogP contribution in [0.3, 0.4) is 0 Å². The van der Waals surface area contributed by atoms with Crippen LogP contribution < -0.4 is 16.0 Å². The number of carbonyl (C=O) groups is 3. The zero-order chi connectivity index (χ0) is 21.0. The van der Waals surface area contributed by atoms with E-state index in [1.807, 2.05) is 30.3 Å². The highest BCUT2D eigenvalue weighted by Crippen LogP contribution is 2.07. The molecule has 0 aliphatic carbocycles. The second kappa shape index (κ2) is 11.8. The summed E-state index contributed by atoms with van der Waals surface area (Å²) >= 11 is 0. The normalized spacial score (nSPS) is 11.9. The summed E-state index contributed by atoms with van der Waals surface area (Å²) in [6.07, 6.45) is 0.582. The number of hydrogen-bond donors (Lipinski definition) is 3. The Bertz CT molecular complexity index is 628. The van der Waals surface area contributed by atoms with Gasteiger partial charge in [0, 0.05) is 13.6 Å². The number of unbranched alkanes of at least 4 members (excludes halogenated alkanes) is 1. The lowest BCUT2D eigenvalue weighted by Crippen LogP contribution is -2.45. The number of amides is 3. The Morgan fingerprint density at radius 2 is 1.71 bits per heavy atom. The van der Waals surface area contributed by atoms with E-state index < -0.39 is 23.8 Å². The highest BCUT2D eigenvalue weighted by molar-refractivity contribution is 5.85. The minimum absolute atomic E-state index is 0.132. The van der Waals surface area contributed by atoms with Crippen LogP contribution in [0.4, 0.5) is 9.59 Å². The van der Waals surface area contributed by atoms with Gasteiger partial charge in [-0.1, -0.05) is 30.3 Å². The van der Waals surface area contributed by atoms with E-state index in [1.54, 1.807) is 20.8 Å². The molecule has 1 aromatic rings. The summed E-state index contributed by atoms with van der Waals surface area (Å²) in [6.45, 7) is 5.94. The van der Waals surface area contributed by atoms with Crippen LogP contribution in [0, 0.1) is 0 Å². The van der Waals surface area contributed by atoms with Gasteiger partial charge >= 0.3 is 12.2 Å². The number of carbonyl (C=O) groups excluding carboxylic acids is 3. The molecule has 3 N–H and O–H groups in total. The average molecular weight is 393 g/mol. The maximum atomic E-state index is 12.0. The van der Waals surface area contributed by atoms with Gasteiger partial charge in [-0.25, -0.2) is 9.59 Å². The molecule has 0 saturated carbocycles. The summed E-state index contributed by atoms with van der Waals surface area (Å²) in [5.74, 6) is -0.295. The fourth-order valence-electron chi connectivity index (χ4n) is 2.33. The fraction of sp³-hybridized carbons (Fsp3) is 0.550. The summed E-state index contributed by atoms with van der Waals surface area (Å²) in [5, 5.41) is 7.78. The number of alkyl carbamates (subject to hydrolysis) is 2. The Morgan fingerprint density at radius 3 is 2.32 bits per heavy atom. The third-order valence-corrected chi connectivity index (χ3v) is 3.66. The van der Waals surface area contributed by atoms with Gasteiger partial charge < -0.3 is 25.4 Å². The molecule has 0 fully saturated rings. The van der Waals surface area contributed by atoms with Crippen molar-refractivity contribution in [1.29, 1.82) is 0 Å². The van der Waals surface area contributed by atoms with Crippen LogP contribution in [0.5, 0.6) is 0 Å². The largest absolute Gasteiger partial charge is 0.445 e. The lowest BCUT2D eigenvalue weighted by Gasteiger charge is -2.20. The molecule has 3 amide bonds. The molecule has 8 nitrogen and oxygen atoms in total. The quantitative estimate of drug-likeness (QED) is 0.560. The summed E-state index contributed by atoms with van der Waals surface area (Å²) in [5.41, 5.74) is 0.320. The van der Waals surface area contributed by atoms with Crippen molar-refractivity contribution in [2.45, 2.75) is 58.3 Å². The van der Waals surface area contributed by atoms with Crippen LogP contribution in [-0.4, -0.2) is 43.3 Å². The Hall–Kier alpha value is -2.77. The van der Waals surface area contributed by atoms with Crippen molar-refractivity contribution in [2.24, 2.45) is 0 Å². The SMILES string of the molecule is CNC(=O)[C@H](CCCCNC(=O)OC(C)(C)C)NC(=O)OCc1ccccc1. The molecule has 156 valence electrons. The molecule has 0 saturated heterocycles. The van der Waals surface area contributed by atoms with E-state index in [1.165, 1.54) is 7.05 Å². The van der Waals surface area contributed by atoms with E-state index >= 15 is 0 Å². The first-order valence-electron chi connectivity index (χ1n) is 9.37. The standard InChI is InChI=1S/C20H31N3O5/c1-20(2,3)28-18(25)22-13-9-8-12-16(17(24)21-4)23-19(26)27-14-15-10-6-5-7-11-15/h5-7,10-11,16H,8-9,12-14H2,1-4H3,(H,21,24)(H,22,25)(H,23,26)/t16-/m0/s1. The molecule has 1 rings (SSSR count). The van der Waals surface area contributed by atoms with Gasteiger partial charge in [-0.15, -0.1) is 0 Å². The second-order valence-corrected chi connectivity index (χ2v) is 7.30. The average Bonchev–Trinajstić information content (AvgIpc) is 2.64. The first-order valence-corrected chi connectivity index (χ1v) is 9.37. The molecule has 0 aromatic heterocycles. The predicted octanol–water partition coefficient (Wildman–Crippen LogP) is 2.72. The molecule has 28 heavy (non-hydrogen) atoms. The molecule has 1 atom stereocenters. The van der Waals surface area contributed by atoms with Crippen molar-refractivity contribution < 1.29 is 23.9 Å². The van der Waals surface area contributed by atoms with Crippen LogP contribution in [0.25, 0.3) is 0 Å². The van der Waals surface area contributed by atoms with Crippen LogP contribution >= 0.6 is 0 Å². The van der Waals surface area contributed by atoms with E-state index in [2.05, 4.69) is 16.0 Å². The molecule has 0 aliphatic rings. The van der Waals surface area contributed by atoms with E-state index in [0.29, 0.717) is 25.8 Å². The van der Waals surface area contributed by atoms with E-state index in [-0.39, 0.29) is 12.5 Å². The zero-order valence-corrected chi connectivity index (χ0v) is 17.0. The summed E-state index contributed by atoms with van der Waals surface area (Å²) in [7, 11) is 1.51. The van der Waals surface area contributed by atoms with Gasteiger partial charge in [0.25, 0.3) is 0 Å². The highest BCUT2D eigenvalue weighted by atomic mass is 16.6. The zero-order valence-electron chi connectivity index (χ0n) is 17.0. The maximum absolute atomic E-state index is 12.0. The molecule has 8 heteroatoms. The summed E-state index contributed by atoms with van der Waals surface area (Å²) in [4.78, 5) is 35.5. The minimum atomic E-state index is -0.699. The van der Waals surface area contributed by atoms with Gasteiger partial charge in [0.05, 0.1) is 0 Å². The number of nitrogens with one attached hydrogen (secondary N) is 3. The van der Waals surface area contributed by atoms with Gasteiger partial charge in [0.15, 0.2) is 0 Å². The Kier molecular flexibility index (Phi) is 9.84. The molecular formula is C20H31N3O5. The number of benzene rings is 1. The van der Waals surface area contributed by atoms with Crippen molar-refractivity contribution in [2.75, 3.05) is 13.6 Å². The first-order chi connectivity index (χ1) is 13.2. The van der Waals surface area contributed by atoms with E-state index in [9.17, 15) is 14.4 Å². The molecular weight excluding hydrogens is 362 g/mol.